The van der Waals surface area contributed by atoms with E-state index in [0.29, 0.717) is 0 Å². The maximum Gasteiger partial charge on any atom is 0.391 e. The third-order valence-electron chi connectivity index (χ3n) is 3.70. The highest BCUT2D eigenvalue weighted by Crippen LogP contribution is 2.23. The van der Waals surface area contributed by atoms with Gasteiger partial charge in [0.05, 0.1) is 13.0 Å². The lowest BCUT2D eigenvalue weighted by Gasteiger charge is -2.20. The van der Waals surface area contributed by atoms with Crippen molar-refractivity contribution in [3.63, 3.8) is 0 Å². The van der Waals surface area contributed by atoms with Crippen molar-refractivity contribution < 1.29 is 13.2 Å². The molecule has 1 unspecified atom stereocenters. The number of anilines is 2. The average Bonchev–Trinajstić information content (AvgIpc) is 2.53. The number of nitrogen functional groups attached to an aromatic ring is 1. The molecule has 1 aromatic carbocycles. The van der Waals surface area contributed by atoms with E-state index in [-0.39, 0.29) is 18.1 Å². The van der Waals surface area contributed by atoms with Crippen molar-refractivity contribution in [3.8, 4) is 0 Å². The number of rotatable bonds is 5. The van der Waals surface area contributed by atoms with Crippen LogP contribution in [0.15, 0.2) is 39.9 Å². The van der Waals surface area contributed by atoms with Gasteiger partial charge in [-0.3, -0.25) is 13.9 Å². The van der Waals surface area contributed by atoms with Gasteiger partial charge < -0.3 is 11.1 Å². The molecule has 0 aliphatic rings. The summed E-state index contributed by atoms with van der Waals surface area (Å²) in [6.45, 7) is 1.39. The second kappa shape index (κ2) is 7.04. The van der Waals surface area contributed by atoms with Crippen molar-refractivity contribution in [2.45, 2.75) is 32.1 Å². The third kappa shape index (κ3) is 4.43. The Kier molecular flexibility index (Phi) is 5.24. The number of hydrogen-bond donors (Lipinski definition) is 2. The first-order valence-corrected chi connectivity index (χ1v) is 7.56. The largest absolute Gasteiger partial charge is 0.391 e. The first-order chi connectivity index (χ1) is 11.6. The maximum atomic E-state index is 12.5. The number of halogens is 3. The van der Waals surface area contributed by atoms with Gasteiger partial charge >= 0.3 is 11.9 Å². The van der Waals surface area contributed by atoms with E-state index in [0.717, 1.165) is 14.7 Å². The quantitative estimate of drug-likeness (QED) is 0.858. The Labute approximate surface area is 141 Å². The summed E-state index contributed by atoms with van der Waals surface area (Å²) < 4.78 is 39.5. The number of nitrogens with one attached hydrogen (secondary N) is 1. The fourth-order valence-electron chi connectivity index (χ4n) is 2.48. The molecule has 0 aliphatic carbocycles. The molecule has 1 heterocycles. The minimum absolute atomic E-state index is 0.0992. The molecule has 0 saturated heterocycles. The van der Waals surface area contributed by atoms with E-state index in [1.54, 1.807) is 24.3 Å². The normalized spacial score (nSPS) is 12.8. The van der Waals surface area contributed by atoms with Gasteiger partial charge in [0.2, 0.25) is 0 Å². The van der Waals surface area contributed by atoms with Crippen LogP contribution in [0.2, 0.25) is 0 Å². The molecule has 2 aromatic rings. The number of nitrogens with two attached hydrogens (primary N) is 1. The molecule has 25 heavy (non-hydrogen) atoms. The fourth-order valence-corrected chi connectivity index (χ4v) is 2.48. The molecule has 0 aliphatic heterocycles. The highest BCUT2D eigenvalue weighted by Gasteiger charge is 2.30. The smallest absolute Gasteiger partial charge is 0.383 e. The summed E-state index contributed by atoms with van der Waals surface area (Å²) in [6, 6.07) is 7.85. The lowest BCUT2D eigenvalue weighted by Crippen LogP contribution is -2.42. The van der Waals surface area contributed by atoms with Crippen LogP contribution >= 0.6 is 0 Å². The van der Waals surface area contributed by atoms with Crippen LogP contribution in [0.4, 0.5) is 24.7 Å². The van der Waals surface area contributed by atoms with Gasteiger partial charge in [0, 0.05) is 13.1 Å². The molecule has 0 spiro atoms. The number of alkyl halides is 3. The third-order valence-corrected chi connectivity index (χ3v) is 3.70. The predicted octanol–water partition coefficient (Wildman–Crippen LogP) is 1.93. The number of nitrogens with zero attached hydrogens (tertiary/aromatic N) is 2. The Morgan fingerprint density at radius 2 is 1.80 bits per heavy atom. The average molecular weight is 356 g/mol. The van der Waals surface area contributed by atoms with E-state index >= 15 is 0 Å². The standard InChI is InChI=1S/C16H19F3N4O2/c1-10(8-16(17,18)19)21-12-13(20)23(15(25)22(2)14(12)24)9-11-6-4-3-5-7-11/h3-7,10,21H,8-9,20H2,1-2H3. The molecule has 0 saturated carbocycles. The summed E-state index contributed by atoms with van der Waals surface area (Å²) in [6.07, 6.45) is -5.52. The van der Waals surface area contributed by atoms with Crippen molar-refractivity contribution >= 4 is 11.5 Å². The van der Waals surface area contributed by atoms with Crippen molar-refractivity contribution in [1.29, 1.82) is 0 Å². The zero-order valence-corrected chi connectivity index (χ0v) is 13.8. The van der Waals surface area contributed by atoms with Crippen LogP contribution < -0.4 is 22.3 Å². The topological polar surface area (TPSA) is 82.0 Å². The summed E-state index contributed by atoms with van der Waals surface area (Å²) in [5.74, 6) is -0.189. The van der Waals surface area contributed by atoms with E-state index in [4.69, 9.17) is 5.73 Å². The van der Waals surface area contributed by atoms with Gasteiger partial charge in [0.1, 0.15) is 11.5 Å². The van der Waals surface area contributed by atoms with Crippen LogP contribution in [0.1, 0.15) is 18.9 Å². The first-order valence-electron chi connectivity index (χ1n) is 7.56. The zero-order valence-electron chi connectivity index (χ0n) is 13.8. The number of aromatic nitrogens is 2. The van der Waals surface area contributed by atoms with Crippen molar-refractivity contribution in [2.75, 3.05) is 11.1 Å². The molecule has 0 bridgehead atoms. The van der Waals surface area contributed by atoms with E-state index < -0.39 is 29.9 Å². The SMILES string of the molecule is CC(CC(F)(F)F)Nc1c(N)n(Cc2ccccc2)c(=O)n(C)c1=O. The summed E-state index contributed by atoms with van der Waals surface area (Å²) in [4.78, 5) is 24.6. The molecule has 0 radical (unpaired) electrons. The number of hydrogen-bond acceptors (Lipinski definition) is 4. The second-order valence-electron chi connectivity index (χ2n) is 5.84. The molecule has 1 aromatic heterocycles. The van der Waals surface area contributed by atoms with Crippen LogP contribution in [0.25, 0.3) is 0 Å². The van der Waals surface area contributed by atoms with E-state index in [9.17, 15) is 22.8 Å². The van der Waals surface area contributed by atoms with E-state index in [1.807, 2.05) is 6.07 Å². The molecule has 6 nitrogen and oxygen atoms in total. The van der Waals surface area contributed by atoms with Gasteiger partial charge in [0.25, 0.3) is 5.56 Å². The monoisotopic (exact) mass is 356 g/mol. The van der Waals surface area contributed by atoms with Gasteiger partial charge in [-0.25, -0.2) is 4.79 Å². The highest BCUT2D eigenvalue weighted by atomic mass is 19.4. The van der Waals surface area contributed by atoms with Crippen molar-refractivity contribution in [2.24, 2.45) is 7.05 Å². The molecule has 1 atom stereocenters. The summed E-state index contributed by atoms with van der Waals surface area (Å²) in [7, 11) is 1.26. The van der Waals surface area contributed by atoms with Crippen LogP contribution in [-0.4, -0.2) is 21.4 Å². The van der Waals surface area contributed by atoms with Gasteiger partial charge in [-0.05, 0) is 12.5 Å². The molecular weight excluding hydrogens is 337 g/mol. The van der Waals surface area contributed by atoms with Gasteiger partial charge in [-0.1, -0.05) is 30.3 Å². The minimum atomic E-state index is -4.38. The van der Waals surface area contributed by atoms with Crippen LogP contribution in [0.3, 0.4) is 0 Å². The molecule has 0 amide bonds. The van der Waals surface area contributed by atoms with Crippen LogP contribution in [0.5, 0.6) is 0 Å². The Morgan fingerprint density at radius 3 is 2.36 bits per heavy atom. The molecule has 2 rings (SSSR count). The minimum Gasteiger partial charge on any atom is -0.383 e. The Balaban J connectivity index is 2.44. The second-order valence-corrected chi connectivity index (χ2v) is 5.84. The van der Waals surface area contributed by atoms with Crippen LogP contribution in [-0.2, 0) is 13.6 Å². The van der Waals surface area contributed by atoms with E-state index in [1.165, 1.54) is 14.0 Å². The summed E-state index contributed by atoms with van der Waals surface area (Å²) in [5, 5.41) is 2.49. The summed E-state index contributed by atoms with van der Waals surface area (Å²) in [5.41, 5.74) is 5.07. The van der Waals surface area contributed by atoms with Crippen molar-refractivity contribution in [3.05, 3.63) is 56.7 Å². The Hall–Kier alpha value is -2.71. The number of benzene rings is 1. The predicted molar refractivity (Wildman–Crippen MR) is 89.7 cm³/mol. The molecule has 9 heteroatoms. The molecule has 136 valence electrons. The van der Waals surface area contributed by atoms with Gasteiger partial charge in [-0.15, -0.1) is 0 Å². The first kappa shape index (κ1) is 18.6. The molecular formula is C16H19F3N4O2. The van der Waals surface area contributed by atoms with Crippen molar-refractivity contribution in [1.82, 2.24) is 9.13 Å². The Morgan fingerprint density at radius 1 is 1.20 bits per heavy atom. The molecule has 0 fully saturated rings. The van der Waals surface area contributed by atoms with Gasteiger partial charge in [-0.2, -0.15) is 13.2 Å². The fraction of sp³-hybridized carbons (Fsp3) is 0.375. The Bertz CT molecular complexity index is 857. The summed E-state index contributed by atoms with van der Waals surface area (Å²) >= 11 is 0. The van der Waals surface area contributed by atoms with Crippen LogP contribution in [0, 0.1) is 0 Å². The zero-order chi connectivity index (χ0) is 18.8. The highest BCUT2D eigenvalue weighted by molar-refractivity contribution is 5.61. The van der Waals surface area contributed by atoms with Gasteiger partial charge in [0.15, 0.2) is 0 Å². The molecule has 3 N–H and O–H groups in total. The lowest BCUT2D eigenvalue weighted by molar-refractivity contribution is -0.136. The van der Waals surface area contributed by atoms with E-state index in [2.05, 4.69) is 5.32 Å². The maximum absolute atomic E-state index is 12.5. The lowest BCUT2D eigenvalue weighted by atomic mass is 10.2.